The summed E-state index contributed by atoms with van der Waals surface area (Å²) in [4.78, 5) is 14.9. The molecule has 1 aromatic carbocycles. The number of rotatable bonds is 4. The third-order valence-corrected chi connectivity index (χ3v) is 7.49. The third kappa shape index (κ3) is 4.20. The van der Waals surface area contributed by atoms with Crippen LogP contribution in [0, 0.1) is 6.92 Å². The van der Waals surface area contributed by atoms with Crippen molar-refractivity contribution in [3.8, 4) is 0 Å². The van der Waals surface area contributed by atoms with E-state index in [1.165, 1.54) is 15.6 Å². The van der Waals surface area contributed by atoms with Gasteiger partial charge in [-0.05, 0) is 24.6 Å². The van der Waals surface area contributed by atoms with E-state index in [-0.39, 0.29) is 6.03 Å². The molecule has 1 N–H and O–H groups in total. The van der Waals surface area contributed by atoms with Gasteiger partial charge in [0.2, 0.25) is 0 Å². The maximum absolute atomic E-state index is 12.6. The van der Waals surface area contributed by atoms with Gasteiger partial charge >= 0.3 is 6.03 Å². The third-order valence-electron chi connectivity index (χ3n) is 4.12. The summed E-state index contributed by atoms with van der Waals surface area (Å²) in [6.45, 7) is 3.77. The van der Waals surface area contributed by atoms with Gasteiger partial charge in [-0.25, -0.2) is 13.2 Å². The fourth-order valence-electron chi connectivity index (χ4n) is 2.69. The van der Waals surface area contributed by atoms with Crippen molar-refractivity contribution in [2.24, 2.45) is 0 Å². The van der Waals surface area contributed by atoms with E-state index >= 15 is 0 Å². The topological polar surface area (TPSA) is 69.7 Å². The van der Waals surface area contributed by atoms with Crippen LogP contribution in [0.25, 0.3) is 0 Å². The van der Waals surface area contributed by atoms with E-state index < -0.39 is 10.0 Å². The van der Waals surface area contributed by atoms with E-state index in [9.17, 15) is 13.2 Å². The summed E-state index contributed by atoms with van der Waals surface area (Å²) in [5.74, 6) is 0. The Morgan fingerprint density at radius 3 is 2.36 bits per heavy atom. The molecule has 0 atom stereocenters. The molecule has 134 valence electrons. The van der Waals surface area contributed by atoms with Gasteiger partial charge in [-0.15, -0.1) is 11.3 Å². The molecule has 0 saturated carbocycles. The Hall–Kier alpha value is -1.90. The molecule has 6 nitrogen and oxygen atoms in total. The van der Waals surface area contributed by atoms with Crippen molar-refractivity contribution in [2.45, 2.75) is 17.7 Å². The number of thiophene rings is 1. The number of amides is 2. The summed E-state index contributed by atoms with van der Waals surface area (Å²) in [5.41, 5.74) is 1.03. The van der Waals surface area contributed by atoms with Crippen molar-refractivity contribution < 1.29 is 13.2 Å². The van der Waals surface area contributed by atoms with Crippen molar-refractivity contribution in [1.82, 2.24) is 14.5 Å². The number of aryl methyl sites for hydroxylation is 1. The number of urea groups is 1. The molecule has 0 unspecified atom stereocenters. The average molecular weight is 380 g/mol. The van der Waals surface area contributed by atoms with Gasteiger partial charge in [-0.1, -0.05) is 30.3 Å². The van der Waals surface area contributed by atoms with Gasteiger partial charge in [0, 0.05) is 37.6 Å². The van der Waals surface area contributed by atoms with Gasteiger partial charge in [0.05, 0.1) is 0 Å². The molecule has 1 aliphatic heterocycles. The summed E-state index contributed by atoms with van der Waals surface area (Å²) in [6, 6.07) is 13.0. The Kier molecular flexibility index (Phi) is 5.41. The quantitative estimate of drug-likeness (QED) is 0.886. The predicted molar refractivity (Wildman–Crippen MR) is 98.1 cm³/mol. The molecule has 0 aliphatic carbocycles. The van der Waals surface area contributed by atoms with Crippen LogP contribution in [0.2, 0.25) is 0 Å². The van der Waals surface area contributed by atoms with E-state index in [2.05, 4.69) is 5.32 Å². The van der Waals surface area contributed by atoms with E-state index in [4.69, 9.17) is 0 Å². The SMILES string of the molecule is Cc1ccc(S(=O)(=O)N2CCN(C(=O)NCc3ccccc3)CC2)s1. The lowest BCUT2D eigenvalue weighted by Gasteiger charge is -2.33. The Balaban J connectivity index is 1.54. The van der Waals surface area contributed by atoms with Crippen LogP contribution in [0.15, 0.2) is 46.7 Å². The van der Waals surface area contributed by atoms with E-state index in [0.717, 1.165) is 10.4 Å². The minimum Gasteiger partial charge on any atom is -0.334 e. The molecule has 1 aromatic heterocycles. The Bertz CT molecular complexity index is 826. The second-order valence-corrected chi connectivity index (χ2v) is 9.35. The van der Waals surface area contributed by atoms with Crippen LogP contribution in [-0.2, 0) is 16.6 Å². The number of hydrogen-bond donors (Lipinski definition) is 1. The number of sulfonamides is 1. The Labute approximate surface area is 152 Å². The van der Waals surface area contributed by atoms with Gasteiger partial charge in [-0.3, -0.25) is 0 Å². The molecular formula is C17H21N3O3S2. The van der Waals surface area contributed by atoms with Crippen LogP contribution in [0.3, 0.4) is 0 Å². The molecule has 0 spiro atoms. The van der Waals surface area contributed by atoms with Gasteiger partial charge in [0.25, 0.3) is 10.0 Å². The van der Waals surface area contributed by atoms with Crippen molar-refractivity contribution in [1.29, 1.82) is 0 Å². The number of nitrogens with one attached hydrogen (secondary N) is 1. The molecule has 2 aromatic rings. The van der Waals surface area contributed by atoms with Gasteiger partial charge in [0.1, 0.15) is 4.21 Å². The highest BCUT2D eigenvalue weighted by Gasteiger charge is 2.30. The van der Waals surface area contributed by atoms with Crippen molar-refractivity contribution in [2.75, 3.05) is 26.2 Å². The van der Waals surface area contributed by atoms with Gasteiger partial charge in [0.15, 0.2) is 0 Å². The fourth-order valence-corrected chi connectivity index (χ4v) is 5.55. The van der Waals surface area contributed by atoms with E-state index in [1.54, 1.807) is 11.0 Å². The Morgan fingerprint density at radius 2 is 1.76 bits per heavy atom. The highest BCUT2D eigenvalue weighted by molar-refractivity contribution is 7.91. The number of hydrogen-bond acceptors (Lipinski definition) is 4. The van der Waals surface area contributed by atoms with Crippen LogP contribution >= 0.6 is 11.3 Å². The smallest absolute Gasteiger partial charge is 0.317 e. The normalized spacial score (nSPS) is 16.0. The zero-order valence-corrected chi connectivity index (χ0v) is 15.6. The van der Waals surface area contributed by atoms with Crippen LogP contribution < -0.4 is 5.32 Å². The molecule has 0 bridgehead atoms. The summed E-state index contributed by atoms with van der Waals surface area (Å²) in [5, 5.41) is 2.88. The largest absolute Gasteiger partial charge is 0.334 e. The number of benzene rings is 1. The first-order valence-corrected chi connectivity index (χ1v) is 10.4. The van der Waals surface area contributed by atoms with E-state index in [0.29, 0.717) is 36.9 Å². The lowest BCUT2D eigenvalue weighted by atomic mass is 10.2. The Morgan fingerprint density at radius 1 is 1.08 bits per heavy atom. The maximum atomic E-state index is 12.6. The van der Waals surface area contributed by atoms with Crippen LogP contribution in [-0.4, -0.2) is 49.8 Å². The van der Waals surface area contributed by atoms with Crippen molar-refractivity contribution in [3.05, 3.63) is 52.9 Å². The predicted octanol–water partition coefficient (Wildman–Crippen LogP) is 2.27. The highest BCUT2D eigenvalue weighted by Crippen LogP contribution is 2.25. The first kappa shape index (κ1) is 17.9. The zero-order valence-electron chi connectivity index (χ0n) is 14.0. The summed E-state index contributed by atoms with van der Waals surface area (Å²) >= 11 is 1.28. The van der Waals surface area contributed by atoms with Gasteiger partial charge in [-0.2, -0.15) is 4.31 Å². The number of piperazine rings is 1. The fraction of sp³-hybridized carbons (Fsp3) is 0.353. The van der Waals surface area contributed by atoms with Crippen LogP contribution in [0.1, 0.15) is 10.4 Å². The molecule has 3 rings (SSSR count). The molecule has 1 saturated heterocycles. The van der Waals surface area contributed by atoms with Crippen molar-refractivity contribution >= 4 is 27.4 Å². The molecule has 8 heteroatoms. The monoisotopic (exact) mass is 379 g/mol. The standard InChI is InChI=1S/C17H21N3O3S2/c1-14-7-8-16(24-14)25(22,23)20-11-9-19(10-12-20)17(21)18-13-15-5-3-2-4-6-15/h2-8H,9-13H2,1H3,(H,18,21). The van der Waals surface area contributed by atoms with Crippen LogP contribution in [0.4, 0.5) is 4.79 Å². The minimum atomic E-state index is -3.45. The summed E-state index contributed by atoms with van der Waals surface area (Å²) in [7, 11) is -3.45. The average Bonchev–Trinajstić information content (AvgIpc) is 3.08. The molecule has 2 heterocycles. The number of nitrogens with zero attached hydrogens (tertiary/aromatic N) is 2. The molecule has 0 radical (unpaired) electrons. The second kappa shape index (κ2) is 7.55. The molecular weight excluding hydrogens is 358 g/mol. The molecule has 2 amide bonds. The lowest BCUT2D eigenvalue weighted by Crippen LogP contribution is -2.52. The number of carbonyl (C=O) groups is 1. The second-order valence-electron chi connectivity index (χ2n) is 5.90. The van der Waals surface area contributed by atoms with E-state index in [1.807, 2.05) is 43.3 Å². The first-order valence-electron chi connectivity index (χ1n) is 8.10. The van der Waals surface area contributed by atoms with Gasteiger partial charge < -0.3 is 10.2 Å². The maximum Gasteiger partial charge on any atom is 0.317 e. The van der Waals surface area contributed by atoms with Crippen LogP contribution in [0.5, 0.6) is 0 Å². The lowest BCUT2D eigenvalue weighted by molar-refractivity contribution is 0.172. The highest BCUT2D eigenvalue weighted by atomic mass is 32.2. The molecule has 25 heavy (non-hydrogen) atoms. The summed E-state index contributed by atoms with van der Waals surface area (Å²) in [6.07, 6.45) is 0. The first-order chi connectivity index (χ1) is 12.0. The van der Waals surface area contributed by atoms with Crippen molar-refractivity contribution in [3.63, 3.8) is 0 Å². The minimum absolute atomic E-state index is 0.159. The zero-order chi connectivity index (χ0) is 17.9. The summed E-state index contributed by atoms with van der Waals surface area (Å²) < 4.78 is 27.0. The number of carbonyl (C=O) groups excluding carboxylic acids is 1. The molecule has 1 fully saturated rings. The molecule has 1 aliphatic rings.